The van der Waals surface area contributed by atoms with Gasteiger partial charge in [-0.05, 0) is 57.5 Å². The highest BCUT2D eigenvalue weighted by atomic mass is 32.1. The van der Waals surface area contributed by atoms with Gasteiger partial charge in [0.1, 0.15) is 0 Å². The van der Waals surface area contributed by atoms with Gasteiger partial charge in [-0.3, -0.25) is 4.98 Å². The Hall–Kier alpha value is -1.92. The lowest BCUT2D eigenvalue weighted by Gasteiger charge is -2.28. The third kappa shape index (κ3) is 3.38. The Balaban J connectivity index is 1.94. The van der Waals surface area contributed by atoms with E-state index in [4.69, 9.17) is 12.2 Å². The van der Waals surface area contributed by atoms with Crippen LogP contribution in [0, 0.1) is 6.92 Å². The van der Waals surface area contributed by atoms with Gasteiger partial charge in [-0.2, -0.15) is 0 Å². The fourth-order valence-electron chi connectivity index (χ4n) is 2.99. The zero-order chi connectivity index (χ0) is 16.4. The molecule has 0 radical (unpaired) electrons. The van der Waals surface area contributed by atoms with Crippen LogP contribution in [0.5, 0.6) is 0 Å². The molecule has 23 heavy (non-hydrogen) atoms. The first-order valence-corrected chi connectivity index (χ1v) is 8.25. The summed E-state index contributed by atoms with van der Waals surface area (Å²) in [5.41, 5.74) is 3.34. The van der Waals surface area contributed by atoms with Crippen molar-refractivity contribution in [1.82, 2.24) is 25.1 Å². The summed E-state index contributed by atoms with van der Waals surface area (Å²) in [5.74, 6) is 0. The number of hydrogen-bond donors (Lipinski definition) is 2. The van der Waals surface area contributed by atoms with Gasteiger partial charge >= 0.3 is 0 Å². The number of aryl methyl sites for hydroxylation is 1. The maximum atomic E-state index is 5.61. The summed E-state index contributed by atoms with van der Waals surface area (Å²) in [6.45, 7) is 3.90. The van der Waals surface area contributed by atoms with E-state index >= 15 is 0 Å². The molecule has 0 bridgehead atoms. The van der Waals surface area contributed by atoms with Crippen molar-refractivity contribution < 1.29 is 0 Å². The van der Waals surface area contributed by atoms with E-state index in [0.717, 1.165) is 29.6 Å². The van der Waals surface area contributed by atoms with Crippen molar-refractivity contribution >= 4 is 17.3 Å². The number of H-pyrrole nitrogens is 1. The lowest BCUT2D eigenvalue weighted by molar-refractivity contribution is 0.274. The van der Waals surface area contributed by atoms with Crippen molar-refractivity contribution in [2.75, 3.05) is 27.2 Å². The molecule has 2 aromatic heterocycles. The van der Waals surface area contributed by atoms with E-state index in [2.05, 4.69) is 64.3 Å². The van der Waals surface area contributed by atoms with E-state index in [1.54, 1.807) is 0 Å². The molecule has 3 rings (SSSR count). The van der Waals surface area contributed by atoms with Gasteiger partial charge < -0.3 is 20.1 Å². The van der Waals surface area contributed by atoms with Crippen LogP contribution in [0.3, 0.4) is 0 Å². The second-order valence-corrected chi connectivity index (χ2v) is 6.61. The number of pyridine rings is 1. The van der Waals surface area contributed by atoms with Crippen LogP contribution in [0.4, 0.5) is 0 Å². The van der Waals surface area contributed by atoms with Crippen LogP contribution in [-0.4, -0.2) is 52.1 Å². The second-order valence-electron chi connectivity index (χ2n) is 6.22. The van der Waals surface area contributed by atoms with Crippen LogP contribution in [0.25, 0.3) is 0 Å². The molecule has 2 N–H and O–H groups in total. The number of aromatic amines is 1. The maximum absolute atomic E-state index is 5.61. The second kappa shape index (κ2) is 6.68. The van der Waals surface area contributed by atoms with Crippen molar-refractivity contribution in [2.24, 2.45) is 0 Å². The summed E-state index contributed by atoms with van der Waals surface area (Å²) >= 11 is 5.61. The molecule has 0 aliphatic carbocycles. The molecule has 0 spiro atoms. The van der Waals surface area contributed by atoms with E-state index in [-0.39, 0.29) is 12.1 Å². The van der Waals surface area contributed by atoms with Gasteiger partial charge in [-0.15, -0.1) is 0 Å². The van der Waals surface area contributed by atoms with Crippen molar-refractivity contribution in [3.05, 3.63) is 53.6 Å². The Morgan fingerprint density at radius 3 is 2.70 bits per heavy atom. The lowest BCUT2D eigenvalue weighted by atomic mass is 10.0. The summed E-state index contributed by atoms with van der Waals surface area (Å²) < 4.78 is 0. The molecule has 1 saturated heterocycles. The first-order valence-electron chi connectivity index (χ1n) is 7.84. The topological polar surface area (TPSA) is 47.2 Å². The molecule has 1 aliphatic heterocycles. The molecule has 0 saturated carbocycles. The van der Waals surface area contributed by atoms with Crippen molar-refractivity contribution in [2.45, 2.75) is 19.0 Å². The van der Waals surface area contributed by atoms with E-state index in [9.17, 15) is 0 Å². The van der Waals surface area contributed by atoms with E-state index in [1.807, 2.05) is 18.3 Å². The number of thiocarbonyl (C=S) groups is 1. The number of hydrogen-bond acceptors (Lipinski definition) is 3. The van der Waals surface area contributed by atoms with Gasteiger partial charge in [0.25, 0.3) is 0 Å². The number of rotatable bonds is 5. The minimum absolute atomic E-state index is 0.0592. The summed E-state index contributed by atoms with van der Waals surface area (Å²) in [6.07, 6.45) is 1.83. The number of nitrogens with one attached hydrogen (secondary N) is 2. The standard InChI is InChI=1S/C17H23N5S/c1-12-7-8-14(19-12)16-15(13-6-4-5-9-18-13)20-17(23)22(16)11-10-21(2)3/h4-9,15-16,19H,10-11H2,1-3H3,(H,20,23)/t15-,16+/m0/s1. The van der Waals surface area contributed by atoms with Crippen LogP contribution >= 0.6 is 12.2 Å². The van der Waals surface area contributed by atoms with Crippen LogP contribution in [0.2, 0.25) is 0 Å². The summed E-state index contributed by atoms with van der Waals surface area (Å²) in [4.78, 5) is 12.4. The molecule has 2 aromatic rings. The number of nitrogens with zero attached hydrogens (tertiary/aromatic N) is 3. The SMILES string of the molecule is Cc1ccc([C@@H]2[C@H](c3ccccn3)NC(=S)N2CCN(C)C)[nH]1. The summed E-state index contributed by atoms with van der Waals surface area (Å²) in [6, 6.07) is 10.5. The van der Waals surface area contributed by atoms with Crippen LogP contribution < -0.4 is 5.32 Å². The lowest BCUT2D eigenvalue weighted by Crippen LogP contribution is -2.35. The molecule has 1 fully saturated rings. The average Bonchev–Trinajstić information content (AvgIpc) is 3.09. The van der Waals surface area contributed by atoms with Crippen LogP contribution in [-0.2, 0) is 0 Å². The highest BCUT2D eigenvalue weighted by Gasteiger charge is 2.40. The van der Waals surface area contributed by atoms with Gasteiger partial charge in [0, 0.05) is 30.7 Å². The molecule has 6 heteroatoms. The van der Waals surface area contributed by atoms with E-state index < -0.39 is 0 Å². The minimum atomic E-state index is 0.0592. The van der Waals surface area contributed by atoms with E-state index in [1.165, 1.54) is 5.69 Å². The third-order valence-corrected chi connectivity index (χ3v) is 4.51. The van der Waals surface area contributed by atoms with Gasteiger partial charge in [0.15, 0.2) is 5.11 Å². The largest absolute Gasteiger partial charge is 0.361 e. The molecule has 3 heterocycles. The predicted octanol–water partition coefficient (Wildman–Crippen LogP) is 2.25. The van der Waals surface area contributed by atoms with Crippen LogP contribution in [0.15, 0.2) is 36.5 Å². The molecule has 0 unspecified atom stereocenters. The monoisotopic (exact) mass is 329 g/mol. The average molecular weight is 329 g/mol. The van der Waals surface area contributed by atoms with Gasteiger partial charge in [0.05, 0.1) is 17.8 Å². The molecule has 0 aromatic carbocycles. The molecular formula is C17H23N5S. The Bertz CT molecular complexity index is 667. The Kier molecular flexibility index (Phi) is 4.63. The highest BCUT2D eigenvalue weighted by Crippen LogP contribution is 2.37. The predicted molar refractivity (Wildman–Crippen MR) is 96.2 cm³/mol. The summed E-state index contributed by atoms with van der Waals surface area (Å²) in [7, 11) is 4.16. The summed E-state index contributed by atoms with van der Waals surface area (Å²) in [5, 5.41) is 4.25. The number of aromatic nitrogens is 2. The molecule has 2 atom stereocenters. The fraction of sp³-hybridized carbons (Fsp3) is 0.412. The molecule has 0 amide bonds. The first kappa shape index (κ1) is 16.0. The maximum Gasteiger partial charge on any atom is 0.170 e. The van der Waals surface area contributed by atoms with Gasteiger partial charge in [0.2, 0.25) is 0 Å². The fourth-order valence-corrected chi connectivity index (χ4v) is 3.32. The van der Waals surface area contributed by atoms with Crippen molar-refractivity contribution in [1.29, 1.82) is 0 Å². The Morgan fingerprint density at radius 1 is 1.26 bits per heavy atom. The highest BCUT2D eigenvalue weighted by molar-refractivity contribution is 7.80. The van der Waals surface area contributed by atoms with Crippen molar-refractivity contribution in [3.8, 4) is 0 Å². The van der Waals surface area contributed by atoms with Gasteiger partial charge in [-0.1, -0.05) is 6.07 Å². The van der Waals surface area contributed by atoms with Crippen molar-refractivity contribution in [3.63, 3.8) is 0 Å². The first-order chi connectivity index (χ1) is 11.1. The minimum Gasteiger partial charge on any atom is -0.361 e. The quantitative estimate of drug-likeness (QED) is 0.824. The normalized spacial score (nSPS) is 21.0. The zero-order valence-corrected chi connectivity index (χ0v) is 14.6. The Labute approximate surface area is 142 Å². The molecule has 122 valence electrons. The van der Waals surface area contributed by atoms with Gasteiger partial charge in [-0.25, -0.2) is 0 Å². The molecule has 5 nitrogen and oxygen atoms in total. The van der Waals surface area contributed by atoms with E-state index in [0.29, 0.717) is 0 Å². The smallest absolute Gasteiger partial charge is 0.170 e. The third-order valence-electron chi connectivity index (χ3n) is 4.16. The number of likely N-dealkylation sites (N-methyl/N-ethyl adjacent to an activating group) is 1. The molecular weight excluding hydrogens is 306 g/mol. The molecule has 1 aliphatic rings. The Morgan fingerprint density at radius 2 is 2.09 bits per heavy atom. The zero-order valence-electron chi connectivity index (χ0n) is 13.8. The van der Waals surface area contributed by atoms with Crippen LogP contribution in [0.1, 0.15) is 29.2 Å².